The number of aromatic amines is 3. The first-order valence-corrected chi connectivity index (χ1v) is 44.9. The molecule has 3 aliphatic heterocycles. The number of rotatable bonds is 16. The highest BCUT2D eigenvalue weighted by molar-refractivity contribution is 9.10. The van der Waals surface area contributed by atoms with Gasteiger partial charge in [0.25, 0.3) is 0 Å². The topological polar surface area (TPSA) is 295 Å². The fraction of sp³-hybridized carbons (Fsp3) is 0.210. The molecule has 6 N–H and O–H groups in total. The van der Waals surface area contributed by atoms with Gasteiger partial charge in [0.2, 0.25) is 23.1 Å². The Bertz CT molecular complexity index is 6450. The van der Waals surface area contributed by atoms with Crippen LogP contribution in [0.4, 0.5) is 68.9 Å². The largest absolute Gasteiger partial charge is 0.512 e. The Morgan fingerprint density at radius 3 is 1.27 bits per heavy atom. The van der Waals surface area contributed by atoms with Crippen LogP contribution in [0.5, 0.6) is 11.5 Å². The molecule has 8 aromatic heterocycles. The zero-order valence-electron chi connectivity index (χ0n) is 76.9. The van der Waals surface area contributed by atoms with Crippen molar-refractivity contribution < 1.29 is 92.2 Å². The first kappa shape index (κ1) is 105. The van der Waals surface area contributed by atoms with E-state index in [0.717, 1.165) is 26.7 Å². The van der Waals surface area contributed by atoms with Gasteiger partial charge in [-0.1, -0.05) is 36.4 Å². The third-order valence-corrected chi connectivity index (χ3v) is 23.8. The molecule has 25 nitrogen and oxygen atoms in total. The van der Waals surface area contributed by atoms with E-state index in [4.69, 9.17) is 44.3 Å². The molecule has 2 amide bonds. The molecule has 38 heteroatoms. The quantitative estimate of drug-likeness (QED) is 0.0172. The number of nitrogens with zero attached hydrogens (tertiary/aromatic N) is 6. The molecule has 0 atom stereocenters. The number of amides is 2. The molecule has 15 aromatic rings. The Morgan fingerprint density at radius 1 is 0.428 bits per heavy atom. The zero-order chi connectivity index (χ0) is 99.9. The Labute approximate surface area is 814 Å². The number of halogens is 10. The molecule has 0 bridgehead atoms. The van der Waals surface area contributed by atoms with E-state index in [1.165, 1.54) is 153 Å². The number of carbonyl (C=O) groups excluding carboxylic acids is 6. The second-order valence-electron chi connectivity index (χ2n) is 34.0. The minimum atomic E-state index is -0.635. The van der Waals surface area contributed by atoms with Crippen molar-refractivity contribution >= 4 is 156 Å². The van der Waals surface area contributed by atoms with E-state index in [-0.39, 0.29) is 102 Å². The number of isocyanates is 1. The molecule has 11 heterocycles. The van der Waals surface area contributed by atoms with Crippen LogP contribution >= 0.6 is 43.5 Å². The van der Waals surface area contributed by atoms with Crippen LogP contribution in [0.1, 0.15) is 109 Å². The van der Waals surface area contributed by atoms with Gasteiger partial charge >= 0.3 is 33.4 Å². The molecular weight excluding hydrogens is 1940 g/mol. The summed E-state index contributed by atoms with van der Waals surface area (Å²) >= 11 is 11.6. The second kappa shape index (κ2) is 47.1. The van der Waals surface area contributed by atoms with Crippen molar-refractivity contribution in [3.05, 3.63) is 365 Å². The third-order valence-electron chi connectivity index (χ3n) is 22.5. The van der Waals surface area contributed by atoms with E-state index in [1.54, 1.807) is 121 Å². The Morgan fingerprint density at radius 2 is 0.833 bits per heavy atom. The number of hydrogen-bond donors (Lipinski definition) is 6. The molecule has 0 radical (unpaired) electrons. The van der Waals surface area contributed by atoms with Gasteiger partial charge in [-0.2, -0.15) is 4.99 Å². The minimum Gasteiger partial charge on any atom is -0.453 e. The molecule has 3 fully saturated rings. The van der Waals surface area contributed by atoms with Crippen molar-refractivity contribution in [2.45, 2.75) is 136 Å². The van der Waals surface area contributed by atoms with E-state index >= 15 is 0 Å². The molecule has 7 aromatic carbocycles. The molecule has 0 unspecified atom stereocenters. The molecule has 0 spiro atoms. The van der Waals surface area contributed by atoms with Crippen LogP contribution < -0.4 is 37.5 Å². The van der Waals surface area contributed by atoms with Gasteiger partial charge in [-0.3, -0.25) is 32.7 Å². The van der Waals surface area contributed by atoms with Crippen molar-refractivity contribution in [2.75, 3.05) is 16.0 Å². The fourth-order valence-electron chi connectivity index (χ4n) is 12.9. The van der Waals surface area contributed by atoms with Crippen molar-refractivity contribution in [3.8, 4) is 11.5 Å². The average Bonchev–Trinajstić information content (AvgIpc) is 1.61. The molecule has 3 saturated heterocycles. The van der Waals surface area contributed by atoms with E-state index in [9.17, 15) is 59.5 Å². The monoisotopic (exact) mass is 2030 g/mol. The van der Waals surface area contributed by atoms with Gasteiger partial charge in [0.1, 0.15) is 52.1 Å². The van der Waals surface area contributed by atoms with Gasteiger partial charge < -0.3 is 63.6 Å². The van der Waals surface area contributed by atoms with Gasteiger partial charge in [-0.15, -0.1) is 0 Å². The van der Waals surface area contributed by atoms with Crippen molar-refractivity contribution in [3.63, 3.8) is 0 Å². The summed E-state index contributed by atoms with van der Waals surface area (Å²) in [6.45, 7) is 23.9. The summed E-state index contributed by atoms with van der Waals surface area (Å²) in [6.07, 6.45) is 15.4. The maximum absolute atomic E-state index is 14.8. The highest BCUT2D eigenvalue weighted by Gasteiger charge is 2.55. The van der Waals surface area contributed by atoms with Crippen LogP contribution in [-0.2, 0) is 56.8 Å². The lowest BCUT2D eigenvalue weighted by molar-refractivity contribution is -0.111. The third kappa shape index (κ3) is 29.1. The number of aromatic nitrogens is 8. The molecule has 0 saturated carbocycles. The van der Waals surface area contributed by atoms with Crippen LogP contribution in [0.15, 0.2) is 312 Å². The van der Waals surface area contributed by atoms with Gasteiger partial charge in [-0.05, 0) is 349 Å². The summed E-state index contributed by atoms with van der Waals surface area (Å²) in [4.78, 5) is 86.1. The smallest absolute Gasteiger partial charge is 0.453 e. The van der Waals surface area contributed by atoms with E-state index < -0.39 is 47.7 Å². The Kier molecular flexibility index (Phi) is 35.8. The number of pyridine rings is 1. The van der Waals surface area contributed by atoms with Crippen molar-refractivity contribution in [1.29, 1.82) is 0 Å². The Hall–Kier alpha value is -13.4. The molecule has 0 aliphatic carbocycles. The average molecular weight is 2040 g/mol. The van der Waals surface area contributed by atoms with Gasteiger partial charge in [0.15, 0.2) is 11.6 Å². The predicted octanol–water partition coefficient (Wildman–Crippen LogP) is 22.4. The summed E-state index contributed by atoms with van der Waals surface area (Å²) in [7, 11) is -1.50. The highest BCUT2D eigenvalue weighted by Crippen LogP contribution is 2.40. The minimum absolute atomic E-state index is 0.0667. The molecule has 138 heavy (non-hydrogen) atoms. The van der Waals surface area contributed by atoms with Crippen LogP contribution in [0.3, 0.4) is 0 Å². The van der Waals surface area contributed by atoms with Crippen LogP contribution in [0, 0.1) is 40.7 Å². The molecular formula is C100H97B3Br2ClF7N12O13. The summed E-state index contributed by atoms with van der Waals surface area (Å²) in [5.74, 6) is -1.85. The zero-order valence-corrected chi connectivity index (χ0v) is 80.8. The first-order chi connectivity index (χ1) is 65.4. The molecule has 3 aliphatic rings. The Balaban J connectivity index is 0.000000158. The fourth-order valence-corrected chi connectivity index (χ4v) is 13.8. The number of carbonyl (C=O) groups is 5. The van der Waals surface area contributed by atoms with Crippen molar-refractivity contribution in [1.82, 2.24) is 38.2 Å². The summed E-state index contributed by atoms with van der Waals surface area (Å²) in [5, 5.41) is 8.73. The van der Waals surface area contributed by atoms with E-state index in [2.05, 4.69) is 100 Å². The van der Waals surface area contributed by atoms with E-state index in [1.807, 2.05) is 104 Å². The van der Waals surface area contributed by atoms with Crippen LogP contribution in [0.25, 0.3) is 11.0 Å². The van der Waals surface area contributed by atoms with Crippen LogP contribution in [0.2, 0.25) is 0 Å². The number of H-pyrrole nitrogens is 3. The van der Waals surface area contributed by atoms with Gasteiger partial charge in [-0.25, -0.2) is 50.1 Å². The second-order valence-corrected chi connectivity index (χ2v) is 36.1. The summed E-state index contributed by atoms with van der Waals surface area (Å²) in [5.41, 5.74) is 4.58. The maximum atomic E-state index is 14.8. The standard InChI is InChI=1S/C25H18F2N4O2.C18H21BFNO3.C17H20BFN2O3.C11H8BrFN2O.C10H16BNO2.C8H6ClFO.C7H4FNO.C4H4BrN/c26-17-5-3-16(4-6-17)14-24(32)31-13-1-2-23(31)30-18-7-8-22(20(27)15-18)33-21-10-12-29-25-19(21)9-11-28-25;1-17(2)18(3,4)24-19(23-17)15-6-5-11-21(15)16(22)12-13-7-9-14(20)10-8-13;1-16(2)17(3,4)24-18(23-16)14-6-5-11-21(14)15(22)20-13-9-7-12(19)8-10-13;12-10-2-1-7-15(10)11(16)14-9-5-3-8(13)4-6-9;1-9(2)10(3,4)14-11(13-9)8-6-5-7-12-8;9-8(11)5-6-1-3-7(10)4-2-6;8-6-1-3-7(4-2-6)9-5-10;5-4-2-1-3-6-4/h1-13,15,30H,14H2,(H,28,29);5-11H,12H2,1-4H3;5-11H,1-4H3,(H,20,22);1-7H,(H,14,16);5-7,12H,1-4H3;1-4H,5H2;1-4H;1-3,6H. The number of hydrogen-bond acceptors (Lipinski definition) is 16. The maximum Gasteiger partial charge on any atom is 0.512 e. The number of anilines is 4. The van der Waals surface area contributed by atoms with E-state index in [0.29, 0.717) is 61.3 Å². The highest BCUT2D eigenvalue weighted by atomic mass is 79.9. The number of fused-ring (bicyclic) bond motifs is 1. The normalized spacial score (nSPS) is 14.5. The molecule has 714 valence electrons. The summed E-state index contributed by atoms with van der Waals surface area (Å²) in [6, 6.07) is 63.0. The van der Waals surface area contributed by atoms with Gasteiger partial charge in [0.05, 0.1) is 77.9 Å². The lowest BCUT2D eigenvalue weighted by atomic mass is 9.84. The van der Waals surface area contributed by atoms with Gasteiger partial charge in [0, 0.05) is 84.7 Å². The lowest BCUT2D eigenvalue weighted by Crippen LogP contribution is -2.42. The first-order valence-electron chi connectivity index (χ1n) is 42.9. The predicted molar refractivity (Wildman–Crippen MR) is 526 cm³/mol. The summed E-state index contributed by atoms with van der Waals surface area (Å²) < 4.78 is 140. The molecule has 18 rings (SSSR count). The SMILES string of the molecule is Brc1ccc[nH]1.CC1(C)OB(c2ccc[nH]2)OC1(C)C.CC1(C)OB(c2cccn2C(=O)Cc2ccc(F)cc2)OC1(C)C.CC1(C)OB(c2cccn2C(=O)Nc2ccc(F)cc2)OC1(C)C.O=C(Cc1ccc(F)cc1)n1cccc1Nc1ccc(Oc2ccnc3[nH]ccc23)c(F)c1.O=C(Cl)Cc1ccc(F)cc1.O=C(Nc1ccc(F)cc1)n1cccc1Br.O=C=Nc1ccc(F)cc1. The van der Waals surface area contributed by atoms with Crippen molar-refractivity contribution in [2.24, 2.45) is 4.99 Å². The number of ether oxygens (including phenoxy) is 1. The number of nitrogens with one attached hydrogen (secondary N) is 6. The lowest BCUT2D eigenvalue weighted by Gasteiger charge is -2.32. The number of aliphatic imine (C=N–C) groups is 1. The number of benzene rings is 7. The van der Waals surface area contributed by atoms with Crippen LogP contribution in [-0.4, -0.2) is 128 Å².